The molecule has 0 bridgehead atoms. The zero-order chi connectivity index (χ0) is 16.4. The summed E-state index contributed by atoms with van der Waals surface area (Å²) in [6, 6.07) is 8.05. The van der Waals surface area contributed by atoms with Crippen molar-refractivity contribution in [3.05, 3.63) is 46.6 Å². The number of sulfonamides is 1. The minimum absolute atomic E-state index is 0.179. The van der Waals surface area contributed by atoms with Gasteiger partial charge in [-0.3, -0.25) is 0 Å². The second-order valence-corrected chi connectivity index (χ2v) is 8.98. The first-order valence-corrected chi connectivity index (χ1v) is 10.0. The summed E-state index contributed by atoms with van der Waals surface area (Å²) in [5.74, 6) is 0. The van der Waals surface area contributed by atoms with Crippen LogP contribution >= 0.6 is 11.3 Å². The van der Waals surface area contributed by atoms with Crippen molar-refractivity contribution >= 4 is 21.4 Å². The molecule has 2 heterocycles. The number of piperazine rings is 1. The Morgan fingerprint density at radius 2 is 2.09 bits per heavy atom. The fraction of sp³-hybridized carbons (Fsp3) is 0.438. The van der Waals surface area contributed by atoms with Gasteiger partial charge in [-0.15, -0.1) is 11.3 Å². The van der Waals surface area contributed by atoms with Crippen molar-refractivity contribution in [1.29, 1.82) is 0 Å². The van der Waals surface area contributed by atoms with E-state index in [1.54, 1.807) is 4.31 Å². The molecule has 1 aliphatic rings. The molecular weight excluding hydrogens is 330 g/mol. The van der Waals surface area contributed by atoms with Crippen molar-refractivity contribution in [2.45, 2.75) is 30.5 Å². The van der Waals surface area contributed by atoms with Gasteiger partial charge in [-0.2, -0.15) is 4.31 Å². The summed E-state index contributed by atoms with van der Waals surface area (Å²) in [6.45, 7) is 5.70. The first kappa shape index (κ1) is 16.6. The molecule has 1 aromatic carbocycles. The molecule has 124 valence electrons. The fourth-order valence-corrected chi connectivity index (χ4v) is 5.66. The molecule has 23 heavy (non-hydrogen) atoms. The molecule has 7 heteroatoms. The molecule has 0 radical (unpaired) electrons. The third-order valence-corrected chi connectivity index (χ3v) is 7.39. The first-order valence-electron chi connectivity index (χ1n) is 7.76. The molecule has 1 N–H and O–H groups in total. The van der Waals surface area contributed by atoms with Crippen molar-refractivity contribution in [3.8, 4) is 0 Å². The molecule has 1 aliphatic heterocycles. The molecule has 5 nitrogen and oxygen atoms in total. The highest BCUT2D eigenvalue weighted by Crippen LogP contribution is 2.31. The summed E-state index contributed by atoms with van der Waals surface area (Å²) in [7, 11) is -3.50. The van der Waals surface area contributed by atoms with Gasteiger partial charge in [-0.05, 0) is 24.5 Å². The zero-order valence-electron chi connectivity index (χ0n) is 13.3. The maximum Gasteiger partial charge on any atom is 0.254 e. The van der Waals surface area contributed by atoms with Gasteiger partial charge in [0.15, 0.2) is 4.21 Å². The molecule has 0 aliphatic carbocycles. The van der Waals surface area contributed by atoms with E-state index in [0.717, 1.165) is 17.0 Å². The number of nitrogens with one attached hydrogen (secondary N) is 1. The van der Waals surface area contributed by atoms with Gasteiger partial charge in [0.25, 0.3) is 10.0 Å². The van der Waals surface area contributed by atoms with Gasteiger partial charge in [-0.1, -0.05) is 31.2 Å². The number of rotatable bonds is 4. The molecule has 3 rings (SSSR count). The molecule has 1 saturated heterocycles. The summed E-state index contributed by atoms with van der Waals surface area (Å²) in [5.41, 5.74) is 2.28. The largest absolute Gasteiger partial charge is 0.313 e. The van der Waals surface area contributed by atoms with E-state index < -0.39 is 10.0 Å². The number of nitrogens with zero attached hydrogens (tertiary/aromatic N) is 2. The molecule has 0 spiro atoms. The molecule has 0 amide bonds. The standard InChI is InChI=1S/C16H21N3O2S2/c1-3-13-4-6-14(7-5-13)15-10-17-8-9-19(15)23(20,21)16-11-18-12(2)22-16/h4-7,11,15,17H,3,8-10H2,1-2H3. The SMILES string of the molecule is CCc1ccc(C2CNCCN2S(=O)(=O)c2cnc(C)s2)cc1. The predicted octanol–water partition coefficient (Wildman–Crippen LogP) is 2.35. The summed E-state index contributed by atoms with van der Waals surface area (Å²) >= 11 is 1.23. The van der Waals surface area contributed by atoms with Gasteiger partial charge in [0.2, 0.25) is 0 Å². The lowest BCUT2D eigenvalue weighted by Gasteiger charge is -2.35. The first-order chi connectivity index (χ1) is 11.0. The Morgan fingerprint density at radius 3 is 2.70 bits per heavy atom. The Hall–Kier alpha value is -1.28. The Labute approximate surface area is 141 Å². The van der Waals surface area contributed by atoms with Crippen LogP contribution in [-0.2, 0) is 16.4 Å². The summed E-state index contributed by atoms with van der Waals surface area (Å²) in [4.78, 5) is 4.10. The second kappa shape index (κ2) is 6.68. The van der Waals surface area contributed by atoms with Crippen LogP contribution in [0, 0.1) is 6.92 Å². The lowest BCUT2D eigenvalue weighted by molar-refractivity contribution is 0.272. The van der Waals surface area contributed by atoms with Crippen molar-refractivity contribution in [2.24, 2.45) is 0 Å². The van der Waals surface area contributed by atoms with Gasteiger partial charge in [0, 0.05) is 19.6 Å². The highest BCUT2D eigenvalue weighted by atomic mass is 32.2. The van der Waals surface area contributed by atoms with E-state index in [2.05, 4.69) is 29.4 Å². The van der Waals surface area contributed by atoms with Gasteiger partial charge >= 0.3 is 0 Å². The van der Waals surface area contributed by atoms with E-state index in [-0.39, 0.29) is 6.04 Å². The second-order valence-electron chi connectivity index (χ2n) is 5.63. The smallest absolute Gasteiger partial charge is 0.254 e. The topological polar surface area (TPSA) is 62.3 Å². The van der Waals surface area contributed by atoms with E-state index in [4.69, 9.17) is 0 Å². The van der Waals surface area contributed by atoms with Gasteiger partial charge in [0.1, 0.15) is 0 Å². The van der Waals surface area contributed by atoms with Crippen LogP contribution < -0.4 is 5.32 Å². The van der Waals surface area contributed by atoms with E-state index >= 15 is 0 Å². The Morgan fingerprint density at radius 1 is 1.35 bits per heavy atom. The Bertz CT molecular complexity index is 769. The van der Waals surface area contributed by atoms with Crippen LogP contribution in [0.2, 0.25) is 0 Å². The predicted molar refractivity (Wildman–Crippen MR) is 92.2 cm³/mol. The van der Waals surface area contributed by atoms with Crippen molar-refractivity contribution in [3.63, 3.8) is 0 Å². The molecule has 1 aromatic heterocycles. The number of aryl methyl sites for hydroxylation is 2. The number of benzene rings is 1. The van der Waals surface area contributed by atoms with Crippen LogP contribution in [0.5, 0.6) is 0 Å². The van der Waals surface area contributed by atoms with Crippen LogP contribution in [-0.4, -0.2) is 37.3 Å². The van der Waals surface area contributed by atoms with Crippen LogP contribution in [0.15, 0.2) is 34.7 Å². The molecule has 0 saturated carbocycles. The quantitative estimate of drug-likeness (QED) is 0.918. The van der Waals surface area contributed by atoms with Crippen molar-refractivity contribution in [2.75, 3.05) is 19.6 Å². The lowest BCUT2D eigenvalue weighted by atomic mass is 10.0. The van der Waals surface area contributed by atoms with E-state index in [1.165, 1.54) is 23.1 Å². The number of hydrogen-bond acceptors (Lipinski definition) is 5. The average molecular weight is 351 g/mol. The Balaban J connectivity index is 1.94. The molecule has 2 aromatic rings. The highest BCUT2D eigenvalue weighted by Gasteiger charge is 2.35. The number of aromatic nitrogens is 1. The number of thiazole rings is 1. The van der Waals surface area contributed by atoms with Crippen molar-refractivity contribution < 1.29 is 8.42 Å². The minimum Gasteiger partial charge on any atom is -0.313 e. The molecular formula is C16H21N3O2S2. The molecule has 1 atom stereocenters. The summed E-state index contributed by atoms with van der Waals surface area (Å²) in [5, 5.41) is 4.07. The number of hydrogen-bond donors (Lipinski definition) is 1. The van der Waals surface area contributed by atoms with Gasteiger partial charge < -0.3 is 5.32 Å². The normalized spacial score (nSPS) is 19.8. The third kappa shape index (κ3) is 3.33. The van der Waals surface area contributed by atoms with Gasteiger partial charge in [-0.25, -0.2) is 13.4 Å². The average Bonchev–Trinajstić information content (AvgIpc) is 3.02. The van der Waals surface area contributed by atoms with E-state index in [1.807, 2.05) is 19.1 Å². The third-order valence-electron chi connectivity index (χ3n) is 4.13. The van der Waals surface area contributed by atoms with E-state index in [0.29, 0.717) is 23.8 Å². The Kier molecular flexibility index (Phi) is 4.82. The van der Waals surface area contributed by atoms with Crippen LogP contribution in [0.3, 0.4) is 0 Å². The minimum atomic E-state index is -3.50. The summed E-state index contributed by atoms with van der Waals surface area (Å²) in [6.07, 6.45) is 2.44. The van der Waals surface area contributed by atoms with Crippen molar-refractivity contribution in [1.82, 2.24) is 14.6 Å². The lowest BCUT2D eigenvalue weighted by Crippen LogP contribution is -2.48. The zero-order valence-corrected chi connectivity index (χ0v) is 15.0. The monoisotopic (exact) mass is 351 g/mol. The van der Waals surface area contributed by atoms with Crippen LogP contribution in [0.25, 0.3) is 0 Å². The maximum atomic E-state index is 13.0. The maximum absolute atomic E-state index is 13.0. The van der Waals surface area contributed by atoms with Crippen LogP contribution in [0.4, 0.5) is 0 Å². The molecule has 1 unspecified atom stereocenters. The molecule has 1 fully saturated rings. The summed E-state index contributed by atoms with van der Waals surface area (Å²) < 4.78 is 27.9. The highest BCUT2D eigenvalue weighted by molar-refractivity contribution is 7.91. The van der Waals surface area contributed by atoms with E-state index in [9.17, 15) is 8.42 Å². The van der Waals surface area contributed by atoms with Crippen LogP contribution in [0.1, 0.15) is 29.1 Å². The van der Waals surface area contributed by atoms with Gasteiger partial charge in [0.05, 0.1) is 17.2 Å². The fourth-order valence-electron chi connectivity index (χ4n) is 2.81.